The first-order chi connectivity index (χ1) is 28.7. The highest BCUT2D eigenvalue weighted by atomic mass is 15.1. The van der Waals surface area contributed by atoms with E-state index in [1.54, 1.807) is 11.1 Å². The van der Waals surface area contributed by atoms with Gasteiger partial charge in [-0.05, 0) is 188 Å². The van der Waals surface area contributed by atoms with Gasteiger partial charge < -0.3 is 4.90 Å². The zero-order chi connectivity index (χ0) is 39.7. The Labute approximate surface area is 351 Å². The molecule has 7 aromatic carbocycles. The predicted molar refractivity (Wildman–Crippen MR) is 248 cm³/mol. The number of hydrogen-bond acceptors (Lipinski definition) is 1. The molecule has 0 saturated heterocycles. The number of nitrogens with zero attached hydrogens (tertiary/aromatic N) is 1. The van der Waals surface area contributed by atoms with Crippen LogP contribution in [0.25, 0.3) is 44.2 Å². The van der Waals surface area contributed by atoms with Crippen molar-refractivity contribution in [2.75, 3.05) is 4.90 Å². The van der Waals surface area contributed by atoms with Gasteiger partial charge in [-0.25, -0.2) is 0 Å². The molecule has 0 unspecified atom stereocenters. The second-order valence-corrected chi connectivity index (χ2v) is 20.4. The van der Waals surface area contributed by atoms with Crippen LogP contribution in [0.1, 0.15) is 94.9 Å². The highest BCUT2D eigenvalue weighted by Gasteiger charge is 2.61. The second-order valence-electron chi connectivity index (χ2n) is 20.4. The summed E-state index contributed by atoms with van der Waals surface area (Å²) in [5.41, 5.74) is 18.4. The third-order valence-corrected chi connectivity index (χ3v) is 16.3. The molecule has 0 N–H and O–H groups in total. The first-order valence-electron chi connectivity index (χ1n) is 22.6. The fourth-order valence-electron chi connectivity index (χ4n) is 13.6. The molecule has 1 heteroatoms. The zero-order valence-corrected chi connectivity index (χ0v) is 35.1. The Balaban J connectivity index is 1.01. The standard InChI is InChI=1S/C58H55N/c1-56(2)27-28-57(3,4)55-52(56)17-10-18-54(55)59(47-23-21-40(22-24-47)42-13-9-14-43(34-42)44-20-19-39-11-5-6-12-41(39)35-44)48-25-26-50-49-15-7-8-16-51(49)58(53(50)36-48)45-30-37-29-38(32-45)33-46(58)31-37/h5-26,34-38,45-46H,27-33H2,1-4H3. The minimum atomic E-state index is 0.0540. The Morgan fingerprint density at radius 1 is 0.424 bits per heavy atom. The Bertz CT molecular complexity index is 2770. The Hall–Kier alpha value is -5.40. The van der Waals surface area contributed by atoms with Gasteiger partial charge in [-0.15, -0.1) is 0 Å². The predicted octanol–water partition coefficient (Wildman–Crippen LogP) is 15.7. The van der Waals surface area contributed by atoms with Gasteiger partial charge in [0.2, 0.25) is 0 Å². The molecule has 1 nitrogen and oxygen atoms in total. The van der Waals surface area contributed by atoms with Gasteiger partial charge in [0, 0.05) is 16.8 Å². The normalized spacial score (nSPS) is 25.2. The lowest BCUT2D eigenvalue weighted by atomic mass is 9.43. The number of rotatable bonds is 5. The van der Waals surface area contributed by atoms with Gasteiger partial charge in [-0.2, -0.15) is 0 Å². The number of fused-ring (bicyclic) bond motifs is 5. The van der Waals surface area contributed by atoms with Crippen LogP contribution < -0.4 is 4.90 Å². The summed E-state index contributed by atoms with van der Waals surface area (Å²) in [6.45, 7) is 9.88. The van der Waals surface area contributed by atoms with E-state index in [-0.39, 0.29) is 16.2 Å². The highest BCUT2D eigenvalue weighted by Crippen LogP contribution is 2.69. The lowest BCUT2D eigenvalue weighted by molar-refractivity contribution is -0.0399. The summed E-state index contributed by atoms with van der Waals surface area (Å²) in [4.78, 5) is 2.64. The van der Waals surface area contributed by atoms with Crippen molar-refractivity contribution in [1.82, 2.24) is 0 Å². The molecule has 6 aliphatic carbocycles. The van der Waals surface area contributed by atoms with Gasteiger partial charge in [0.25, 0.3) is 0 Å². The largest absolute Gasteiger partial charge is 0.310 e. The van der Waals surface area contributed by atoms with E-state index in [0.717, 1.165) is 23.7 Å². The van der Waals surface area contributed by atoms with Crippen LogP contribution in [0.15, 0.2) is 152 Å². The minimum absolute atomic E-state index is 0.0540. The van der Waals surface area contributed by atoms with Crippen molar-refractivity contribution in [3.8, 4) is 33.4 Å². The molecule has 4 bridgehead atoms. The van der Waals surface area contributed by atoms with E-state index in [9.17, 15) is 0 Å². The van der Waals surface area contributed by atoms with Gasteiger partial charge in [-0.1, -0.05) is 137 Å². The molecule has 0 atom stereocenters. The molecule has 0 radical (unpaired) electrons. The monoisotopic (exact) mass is 765 g/mol. The molecule has 0 aliphatic heterocycles. The summed E-state index contributed by atoms with van der Waals surface area (Å²) < 4.78 is 0. The fourth-order valence-corrected chi connectivity index (χ4v) is 13.6. The van der Waals surface area contributed by atoms with Gasteiger partial charge in [0.1, 0.15) is 0 Å². The van der Waals surface area contributed by atoms with E-state index in [1.807, 2.05) is 0 Å². The van der Waals surface area contributed by atoms with Crippen molar-refractivity contribution in [3.63, 3.8) is 0 Å². The topological polar surface area (TPSA) is 3.24 Å². The van der Waals surface area contributed by atoms with Crippen LogP contribution in [0.3, 0.4) is 0 Å². The molecule has 0 amide bonds. The number of hydrogen-bond donors (Lipinski definition) is 0. The Morgan fingerprint density at radius 2 is 1.02 bits per heavy atom. The smallest absolute Gasteiger partial charge is 0.0502 e. The maximum atomic E-state index is 2.68. The summed E-state index contributed by atoms with van der Waals surface area (Å²) in [6, 6.07) is 58.4. The molecule has 7 aromatic rings. The summed E-state index contributed by atoms with van der Waals surface area (Å²) in [7, 11) is 0. The third kappa shape index (κ3) is 5.29. The van der Waals surface area contributed by atoms with Gasteiger partial charge >= 0.3 is 0 Å². The molecule has 0 heterocycles. The molecule has 0 aromatic heterocycles. The summed E-state index contributed by atoms with van der Waals surface area (Å²) >= 11 is 0. The third-order valence-electron chi connectivity index (χ3n) is 16.3. The van der Waals surface area contributed by atoms with E-state index < -0.39 is 0 Å². The summed E-state index contributed by atoms with van der Waals surface area (Å²) in [5.74, 6) is 3.32. The van der Waals surface area contributed by atoms with Crippen LogP contribution in [0.5, 0.6) is 0 Å². The maximum absolute atomic E-state index is 2.68. The van der Waals surface area contributed by atoms with E-state index in [2.05, 4.69) is 184 Å². The van der Waals surface area contributed by atoms with Crippen LogP contribution in [0.2, 0.25) is 0 Å². The van der Waals surface area contributed by atoms with E-state index in [0.29, 0.717) is 0 Å². The molecule has 1 spiro atoms. The van der Waals surface area contributed by atoms with Gasteiger partial charge in [0.15, 0.2) is 0 Å². The molecule has 4 fully saturated rings. The SMILES string of the molecule is CC1(C)CCC(C)(C)c2c(N(c3ccc(-c4cccc(-c5ccc6ccccc6c5)c4)cc3)c3ccc4c(c3)C3(c5ccccc5-4)C4CC5CC(C4)CC3C5)cccc21. The molecular formula is C58H55N. The molecule has 6 aliphatic rings. The van der Waals surface area contributed by atoms with Crippen LogP contribution in [-0.4, -0.2) is 0 Å². The Kier molecular flexibility index (Phi) is 7.71. The Morgan fingerprint density at radius 3 is 1.80 bits per heavy atom. The van der Waals surface area contributed by atoms with Crippen molar-refractivity contribution in [2.45, 2.75) is 88.9 Å². The van der Waals surface area contributed by atoms with Crippen LogP contribution in [-0.2, 0) is 16.2 Å². The van der Waals surface area contributed by atoms with Gasteiger partial charge in [0.05, 0.1) is 5.69 Å². The van der Waals surface area contributed by atoms with Crippen molar-refractivity contribution in [1.29, 1.82) is 0 Å². The average Bonchev–Trinajstić information content (AvgIpc) is 3.54. The minimum Gasteiger partial charge on any atom is -0.310 e. The summed E-state index contributed by atoms with van der Waals surface area (Å²) in [6.07, 6.45) is 9.44. The first-order valence-corrected chi connectivity index (χ1v) is 22.6. The lowest BCUT2D eigenvalue weighted by Crippen LogP contribution is -2.55. The van der Waals surface area contributed by atoms with Crippen molar-refractivity contribution in [2.24, 2.45) is 23.7 Å². The molecule has 59 heavy (non-hydrogen) atoms. The maximum Gasteiger partial charge on any atom is 0.0502 e. The van der Waals surface area contributed by atoms with Crippen molar-refractivity contribution in [3.05, 3.63) is 174 Å². The quantitative estimate of drug-likeness (QED) is 0.169. The van der Waals surface area contributed by atoms with Crippen molar-refractivity contribution < 1.29 is 0 Å². The lowest BCUT2D eigenvalue weighted by Gasteiger charge is -2.61. The molecule has 4 saturated carbocycles. The summed E-state index contributed by atoms with van der Waals surface area (Å²) in [5, 5.41) is 2.56. The number of benzene rings is 7. The molecule has 13 rings (SSSR count). The van der Waals surface area contributed by atoms with Gasteiger partial charge in [-0.3, -0.25) is 0 Å². The molecule has 292 valence electrons. The first kappa shape index (κ1) is 35.5. The zero-order valence-electron chi connectivity index (χ0n) is 35.1. The molecular weight excluding hydrogens is 711 g/mol. The average molecular weight is 766 g/mol. The van der Waals surface area contributed by atoms with Crippen LogP contribution in [0.4, 0.5) is 17.1 Å². The van der Waals surface area contributed by atoms with Crippen molar-refractivity contribution >= 4 is 27.8 Å². The van der Waals surface area contributed by atoms with E-state index in [1.165, 1.54) is 117 Å². The second kappa shape index (κ2) is 12.8. The van der Waals surface area contributed by atoms with E-state index in [4.69, 9.17) is 0 Å². The number of anilines is 3. The van der Waals surface area contributed by atoms with E-state index >= 15 is 0 Å². The fraction of sp³-hybridized carbons (Fsp3) is 0.310. The van der Waals surface area contributed by atoms with Crippen LogP contribution >= 0.6 is 0 Å². The van der Waals surface area contributed by atoms with Crippen LogP contribution in [0, 0.1) is 23.7 Å². The highest BCUT2D eigenvalue weighted by molar-refractivity contribution is 5.90.